The van der Waals surface area contributed by atoms with E-state index in [1.807, 2.05) is 0 Å². The predicted octanol–water partition coefficient (Wildman–Crippen LogP) is 4.78. The molecule has 0 saturated heterocycles. The number of hydrogen-bond donors (Lipinski definition) is 1. The lowest BCUT2D eigenvalue weighted by molar-refractivity contribution is 0.120. The molecule has 0 amide bonds. The van der Waals surface area contributed by atoms with Crippen molar-refractivity contribution in [3.05, 3.63) is 34.6 Å². The zero-order valence-electron chi connectivity index (χ0n) is 12.5. The highest BCUT2D eigenvalue weighted by Crippen LogP contribution is 2.65. The van der Waals surface area contributed by atoms with Gasteiger partial charge in [0, 0.05) is 23.2 Å². The van der Waals surface area contributed by atoms with Crippen molar-refractivity contribution in [1.82, 2.24) is 5.32 Å². The van der Waals surface area contributed by atoms with E-state index >= 15 is 0 Å². The normalized spacial score (nSPS) is 34.6. The Balaban J connectivity index is 1.73. The number of benzene rings is 1. The van der Waals surface area contributed by atoms with Crippen LogP contribution in [-0.2, 0) is 6.54 Å². The summed E-state index contributed by atoms with van der Waals surface area (Å²) in [6.07, 6.45) is 3.83. The average Bonchev–Trinajstić information content (AvgIpc) is 2.72. The van der Waals surface area contributed by atoms with Crippen LogP contribution in [0.3, 0.4) is 0 Å². The highest BCUT2D eigenvalue weighted by Gasteiger charge is 2.60. The molecule has 3 unspecified atom stereocenters. The summed E-state index contributed by atoms with van der Waals surface area (Å²) in [5.41, 5.74) is 1.38. The van der Waals surface area contributed by atoms with Crippen molar-refractivity contribution >= 4 is 11.6 Å². The van der Waals surface area contributed by atoms with Crippen molar-refractivity contribution in [1.29, 1.82) is 0 Å². The van der Waals surface area contributed by atoms with Crippen LogP contribution in [0.1, 0.15) is 45.6 Å². The zero-order valence-corrected chi connectivity index (χ0v) is 13.2. The molecule has 3 heteroatoms. The van der Waals surface area contributed by atoms with Crippen molar-refractivity contribution < 1.29 is 4.39 Å². The van der Waals surface area contributed by atoms with E-state index in [0.29, 0.717) is 34.0 Å². The average molecular weight is 296 g/mol. The first kappa shape index (κ1) is 14.3. The summed E-state index contributed by atoms with van der Waals surface area (Å²) < 4.78 is 13.8. The van der Waals surface area contributed by atoms with E-state index in [1.54, 1.807) is 12.1 Å². The summed E-state index contributed by atoms with van der Waals surface area (Å²) in [6, 6.07) is 5.26. The second-order valence-electron chi connectivity index (χ2n) is 7.28. The molecule has 110 valence electrons. The van der Waals surface area contributed by atoms with Gasteiger partial charge in [0.05, 0.1) is 0 Å². The molecule has 1 nitrogen and oxygen atoms in total. The van der Waals surface area contributed by atoms with E-state index in [2.05, 4.69) is 26.1 Å². The quantitative estimate of drug-likeness (QED) is 0.846. The van der Waals surface area contributed by atoms with E-state index in [1.165, 1.54) is 25.3 Å². The first-order chi connectivity index (χ1) is 9.34. The van der Waals surface area contributed by atoms with E-state index in [-0.39, 0.29) is 5.82 Å². The minimum absolute atomic E-state index is 0.172. The highest BCUT2D eigenvalue weighted by molar-refractivity contribution is 6.30. The van der Waals surface area contributed by atoms with Gasteiger partial charge in [-0.15, -0.1) is 0 Å². The van der Waals surface area contributed by atoms with Gasteiger partial charge in [0.2, 0.25) is 0 Å². The first-order valence-electron chi connectivity index (χ1n) is 7.52. The van der Waals surface area contributed by atoms with Crippen molar-refractivity contribution in [2.45, 2.75) is 52.6 Å². The minimum atomic E-state index is -0.172. The van der Waals surface area contributed by atoms with Crippen molar-refractivity contribution in [2.75, 3.05) is 0 Å². The first-order valence-corrected chi connectivity index (χ1v) is 7.90. The molecule has 1 N–H and O–H groups in total. The Morgan fingerprint density at radius 3 is 2.70 bits per heavy atom. The van der Waals surface area contributed by atoms with Gasteiger partial charge in [0.15, 0.2) is 0 Å². The molecule has 2 aliphatic carbocycles. The third kappa shape index (κ3) is 2.00. The Bertz CT molecular complexity index is 528. The second kappa shape index (κ2) is 4.71. The lowest BCUT2D eigenvalue weighted by atomic mass is 9.69. The van der Waals surface area contributed by atoms with E-state index in [0.717, 1.165) is 5.92 Å². The Morgan fingerprint density at radius 1 is 1.35 bits per heavy atom. The van der Waals surface area contributed by atoms with Crippen molar-refractivity contribution in [2.24, 2.45) is 16.7 Å². The van der Waals surface area contributed by atoms with Crippen LogP contribution in [0.2, 0.25) is 5.02 Å². The number of halogens is 2. The molecule has 0 aliphatic heterocycles. The maximum absolute atomic E-state index is 13.8. The molecular formula is C17H23ClFN. The Kier molecular flexibility index (Phi) is 3.38. The SMILES string of the molecule is CC1(C)C2CCC1(C)C(NCc1cc(Cl)ccc1F)C2. The second-order valence-corrected chi connectivity index (χ2v) is 7.72. The van der Waals surface area contributed by atoms with Crippen LogP contribution in [0.15, 0.2) is 18.2 Å². The predicted molar refractivity (Wildman–Crippen MR) is 81.3 cm³/mol. The summed E-state index contributed by atoms with van der Waals surface area (Å²) in [5, 5.41) is 4.19. The summed E-state index contributed by atoms with van der Waals surface area (Å²) in [4.78, 5) is 0. The molecule has 1 aromatic rings. The van der Waals surface area contributed by atoms with E-state index in [9.17, 15) is 4.39 Å². The topological polar surface area (TPSA) is 12.0 Å². The van der Waals surface area contributed by atoms with Crippen LogP contribution in [0.25, 0.3) is 0 Å². The Labute approximate surface area is 125 Å². The highest BCUT2D eigenvalue weighted by atomic mass is 35.5. The molecule has 0 radical (unpaired) electrons. The maximum atomic E-state index is 13.8. The van der Waals surface area contributed by atoms with Crippen molar-refractivity contribution in [3.63, 3.8) is 0 Å². The van der Waals surface area contributed by atoms with Gasteiger partial charge in [-0.3, -0.25) is 0 Å². The van der Waals surface area contributed by atoms with Gasteiger partial charge in [-0.05, 0) is 54.2 Å². The van der Waals surface area contributed by atoms with Gasteiger partial charge < -0.3 is 5.32 Å². The van der Waals surface area contributed by atoms with Crippen LogP contribution in [0.4, 0.5) is 4.39 Å². The van der Waals surface area contributed by atoms with Crippen LogP contribution in [-0.4, -0.2) is 6.04 Å². The number of nitrogens with one attached hydrogen (secondary N) is 1. The van der Waals surface area contributed by atoms with Crippen molar-refractivity contribution in [3.8, 4) is 0 Å². The minimum Gasteiger partial charge on any atom is -0.309 e. The van der Waals surface area contributed by atoms with Gasteiger partial charge in [0.1, 0.15) is 5.82 Å². The largest absolute Gasteiger partial charge is 0.309 e. The third-order valence-electron chi connectivity index (χ3n) is 6.34. The van der Waals surface area contributed by atoms with E-state index in [4.69, 9.17) is 11.6 Å². The molecule has 0 spiro atoms. The van der Waals surface area contributed by atoms with Crippen LogP contribution in [0.5, 0.6) is 0 Å². The van der Waals surface area contributed by atoms with Crippen LogP contribution < -0.4 is 5.32 Å². The Hall–Kier alpha value is -0.600. The number of rotatable bonds is 3. The van der Waals surface area contributed by atoms with E-state index < -0.39 is 0 Å². The summed E-state index contributed by atoms with van der Waals surface area (Å²) in [7, 11) is 0. The molecule has 2 saturated carbocycles. The molecule has 1 aromatic carbocycles. The van der Waals surface area contributed by atoms with Crippen LogP contribution in [0, 0.1) is 22.6 Å². The van der Waals surface area contributed by atoms with Gasteiger partial charge in [-0.25, -0.2) is 4.39 Å². The molecule has 3 atom stereocenters. The monoisotopic (exact) mass is 295 g/mol. The van der Waals surface area contributed by atoms with Crippen LogP contribution >= 0.6 is 11.6 Å². The summed E-state index contributed by atoms with van der Waals surface area (Å²) in [6.45, 7) is 7.75. The summed E-state index contributed by atoms with van der Waals surface area (Å²) >= 11 is 5.95. The molecular weight excluding hydrogens is 273 g/mol. The molecule has 0 heterocycles. The third-order valence-corrected chi connectivity index (χ3v) is 6.58. The Morgan fingerprint density at radius 2 is 2.10 bits per heavy atom. The van der Waals surface area contributed by atoms with Gasteiger partial charge in [0.25, 0.3) is 0 Å². The molecule has 2 fully saturated rings. The molecule has 2 bridgehead atoms. The standard InChI is InChI=1S/C17H23ClFN/c1-16(2)12-6-7-17(16,3)15(9-12)20-10-11-8-13(18)4-5-14(11)19/h4-5,8,12,15,20H,6-7,9-10H2,1-3H3. The fourth-order valence-electron chi connectivity index (χ4n) is 4.42. The summed E-state index contributed by atoms with van der Waals surface area (Å²) in [5.74, 6) is 0.628. The van der Waals surface area contributed by atoms with Gasteiger partial charge >= 0.3 is 0 Å². The molecule has 20 heavy (non-hydrogen) atoms. The van der Waals surface area contributed by atoms with Gasteiger partial charge in [-0.1, -0.05) is 32.4 Å². The fourth-order valence-corrected chi connectivity index (χ4v) is 4.62. The smallest absolute Gasteiger partial charge is 0.127 e. The fraction of sp³-hybridized carbons (Fsp3) is 0.647. The maximum Gasteiger partial charge on any atom is 0.127 e. The molecule has 2 aliphatic rings. The number of fused-ring (bicyclic) bond motifs is 2. The zero-order chi connectivity index (χ0) is 14.5. The van der Waals surface area contributed by atoms with Gasteiger partial charge in [-0.2, -0.15) is 0 Å². The molecule has 0 aromatic heterocycles. The molecule has 3 rings (SSSR count). The lowest BCUT2D eigenvalue weighted by Crippen LogP contribution is -2.44. The lowest BCUT2D eigenvalue weighted by Gasteiger charge is -2.39. The number of hydrogen-bond acceptors (Lipinski definition) is 1.